The summed E-state index contributed by atoms with van der Waals surface area (Å²) in [6.07, 6.45) is -7.10. The van der Waals surface area contributed by atoms with Crippen molar-refractivity contribution in [2.24, 2.45) is 7.05 Å². The first kappa shape index (κ1) is 26.4. The molecule has 0 fully saturated rings. The van der Waals surface area contributed by atoms with Crippen molar-refractivity contribution in [3.05, 3.63) is 53.9 Å². The van der Waals surface area contributed by atoms with E-state index < -0.39 is 36.1 Å². The first-order valence-electron chi connectivity index (χ1n) is 11.1. The smallest absolute Gasteiger partial charge is 0.479 e. The number of methoxy groups -OCH3 is 2. The van der Waals surface area contributed by atoms with Gasteiger partial charge in [0.2, 0.25) is 0 Å². The van der Waals surface area contributed by atoms with Gasteiger partial charge in [-0.1, -0.05) is 0 Å². The van der Waals surface area contributed by atoms with Gasteiger partial charge in [0.15, 0.2) is 17.7 Å². The molecule has 3 atom stereocenters. The predicted octanol–water partition coefficient (Wildman–Crippen LogP) is 2.57. The van der Waals surface area contributed by atoms with Gasteiger partial charge in [0, 0.05) is 31.2 Å². The summed E-state index contributed by atoms with van der Waals surface area (Å²) in [7, 11) is 4.44. The molecule has 1 aromatic heterocycles. The Hall–Kier alpha value is -3.62. The number of rotatable bonds is 8. The zero-order valence-corrected chi connectivity index (χ0v) is 20.5. The molecule has 2 aromatic carbocycles. The zero-order valence-electron chi connectivity index (χ0n) is 20.5. The number of hydrogen-bond donors (Lipinski definition) is 2. The van der Waals surface area contributed by atoms with Gasteiger partial charge in [-0.2, -0.15) is 4.80 Å². The van der Waals surface area contributed by atoms with Gasteiger partial charge in [-0.05, 0) is 54.6 Å². The summed E-state index contributed by atoms with van der Waals surface area (Å²) in [5, 5.41) is 23.9. The molecule has 200 valence electrons. The van der Waals surface area contributed by atoms with Crippen molar-refractivity contribution in [2.45, 2.75) is 43.9 Å². The Labute approximate surface area is 210 Å². The minimum Gasteiger partial charge on any atom is -0.479 e. The van der Waals surface area contributed by atoms with Gasteiger partial charge in [0.05, 0.1) is 19.6 Å². The van der Waals surface area contributed by atoms with Crippen molar-refractivity contribution in [1.82, 2.24) is 20.2 Å². The quantitative estimate of drug-likeness (QED) is 0.335. The summed E-state index contributed by atoms with van der Waals surface area (Å²) in [5.41, 5.74) is 6.08. The maximum atomic E-state index is 12.7. The van der Waals surface area contributed by atoms with E-state index in [-0.39, 0.29) is 6.54 Å². The van der Waals surface area contributed by atoms with E-state index in [2.05, 4.69) is 20.1 Å². The van der Waals surface area contributed by atoms with E-state index in [4.69, 9.17) is 19.9 Å². The molecule has 37 heavy (non-hydrogen) atoms. The van der Waals surface area contributed by atoms with Gasteiger partial charge < -0.3 is 34.7 Å². The number of nitrogens with zero attached hydrogens (tertiary/aromatic N) is 5. The fraction of sp³-hybridized carbons (Fsp3) is 0.435. The predicted molar refractivity (Wildman–Crippen MR) is 125 cm³/mol. The standard InChI is InChI=1S/C23H27F3N6O5/c1-22(21(34-3)35-4)20(33)19(16-11-13(27)5-10-17(16)37-22)32(12-18-28-30-31(2)29-18)14-6-8-15(9-7-14)36-23(24,25)26/h5-11,19-21,33H,12,27H2,1-4H3/t19-,20+,22+/m1/s1. The molecule has 0 radical (unpaired) electrons. The Morgan fingerprint density at radius 1 is 1.19 bits per heavy atom. The number of anilines is 2. The van der Waals surface area contributed by atoms with E-state index in [1.165, 1.54) is 43.3 Å². The molecular weight excluding hydrogens is 497 g/mol. The Bertz CT molecular complexity index is 1220. The van der Waals surface area contributed by atoms with Crippen molar-refractivity contribution in [3.63, 3.8) is 0 Å². The van der Waals surface area contributed by atoms with Crippen LogP contribution >= 0.6 is 0 Å². The lowest BCUT2D eigenvalue weighted by Crippen LogP contribution is -2.62. The lowest BCUT2D eigenvalue weighted by molar-refractivity contribution is -0.274. The summed E-state index contributed by atoms with van der Waals surface area (Å²) in [5.74, 6) is 0.328. The lowest BCUT2D eigenvalue weighted by atomic mass is 9.83. The highest BCUT2D eigenvalue weighted by atomic mass is 19.4. The van der Waals surface area contributed by atoms with Gasteiger partial charge in [0.25, 0.3) is 0 Å². The highest BCUT2D eigenvalue weighted by Crippen LogP contribution is 2.47. The van der Waals surface area contributed by atoms with Crippen LogP contribution in [0.3, 0.4) is 0 Å². The first-order valence-corrected chi connectivity index (χ1v) is 11.1. The third-order valence-electron chi connectivity index (χ3n) is 6.06. The Morgan fingerprint density at radius 3 is 2.43 bits per heavy atom. The van der Waals surface area contributed by atoms with Crippen LogP contribution in [0.4, 0.5) is 24.5 Å². The number of fused-ring (bicyclic) bond motifs is 1. The number of aliphatic hydroxyl groups is 1. The molecular formula is C23H27F3N6O5. The van der Waals surface area contributed by atoms with Gasteiger partial charge in [-0.15, -0.1) is 23.4 Å². The summed E-state index contributed by atoms with van der Waals surface area (Å²) in [4.78, 5) is 3.00. The molecule has 3 aromatic rings. The van der Waals surface area contributed by atoms with Crippen molar-refractivity contribution >= 4 is 11.4 Å². The lowest BCUT2D eigenvalue weighted by Gasteiger charge is -2.49. The Balaban J connectivity index is 1.85. The number of aromatic nitrogens is 4. The van der Waals surface area contributed by atoms with Crippen LogP contribution in [0.5, 0.6) is 11.5 Å². The number of nitrogens with two attached hydrogens (primary N) is 1. The van der Waals surface area contributed by atoms with Crippen LogP contribution in [-0.4, -0.2) is 63.9 Å². The number of ether oxygens (including phenoxy) is 4. The number of halogens is 3. The number of nitrogen functional groups attached to an aromatic ring is 1. The van der Waals surface area contributed by atoms with Crippen LogP contribution in [0, 0.1) is 0 Å². The molecule has 11 nitrogen and oxygen atoms in total. The van der Waals surface area contributed by atoms with E-state index >= 15 is 0 Å². The number of hydrogen-bond acceptors (Lipinski definition) is 10. The Morgan fingerprint density at radius 2 is 1.86 bits per heavy atom. The summed E-state index contributed by atoms with van der Waals surface area (Å²) < 4.78 is 59.3. The van der Waals surface area contributed by atoms with Gasteiger partial charge in [-0.25, -0.2) is 0 Å². The molecule has 2 heterocycles. The average molecular weight is 525 g/mol. The first-order chi connectivity index (χ1) is 17.4. The van der Waals surface area contributed by atoms with E-state index in [1.807, 2.05) is 0 Å². The molecule has 0 saturated heterocycles. The fourth-order valence-electron chi connectivity index (χ4n) is 4.49. The number of tetrazole rings is 1. The van der Waals surface area contributed by atoms with Crippen molar-refractivity contribution in [2.75, 3.05) is 24.9 Å². The van der Waals surface area contributed by atoms with Crippen molar-refractivity contribution in [1.29, 1.82) is 0 Å². The molecule has 1 aliphatic heterocycles. The molecule has 14 heteroatoms. The van der Waals surface area contributed by atoms with Crippen molar-refractivity contribution in [3.8, 4) is 11.5 Å². The van der Waals surface area contributed by atoms with Gasteiger partial charge >= 0.3 is 6.36 Å². The highest BCUT2D eigenvalue weighted by Gasteiger charge is 2.54. The van der Waals surface area contributed by atoms with Crippen LogP contribution in [0.2, 0.25) is 0 Å². The largest absolute Gasteiger partial charge is 0.573 e. The molecule has 0 aliphatic carbocycles. The number of benzene rings is 2. The van der Waals surface area contributed by atoms with Crippen LogP contribution < -0.4 is 20.1 Å². The molecule has 0 amide bonds. The third kappa shape index (κ3) is 5.40. The summed E-state index contributed by atoms with van der Waals surface area (Å²) >= 11 is 0. The van der Waals surface area contributed by atoms with Gasteiger partial charge in [0.1, 0.15) is 17.6 Å². The fourth-order valence-corrected chi connectivity index (χ4v) is 4.49. The SMILES string of the molecule is COC(OC)[C@@]1(C)Oc2ccc(N)cc2[C@@H](N(Cc2nnn(C)n2)c2ccc(OC(F)(F)F)cc2)[C@@H]1O. The number of aryl methyl sites for hydroxylation is 1. The molecule has 0 bridgehead atoms. The summed E-state index contributed by atoms with van der Waals surface area (Å²) in [6, 6.07) is 9.37. The second-order valence-electron chi connectivity index (χ2n) is 8.64. The molecule has 0 unspecified atom stereocenters. The molecule has 3 N–H and O–H groups in total. The van der Waals surface area contributed by atoms with Crippen LogP contribution in [0.15, 0.2) is 42.5 Å². The molecule has 0 saturated carbocycles. The topological polar surface area (TPSA) is 130 Å². The van der Waals surface area contributed by atoms with E-state index in [1.54, 1.807) is 37.1 Å². The maximum absolute atomic E-state index is 12.7. The molecule has 0 spiro atoms. The molecule has 1 aliphatic rings. The van der Waals surface area contributed by atoms with Crippen LogP contribution in [0.1, 0.15) is 24.4 Å². The number of aliphatic hydroxyl groups excluding tert-OH is 1. The normalized spacial score (nSPS) is 21.4. The minimum absolute atomic E-state index is 0.0317. The van der Waals surface area contributed by atoms with E-state index in [0.717, 1.165) is 0 Å². The van der Waals surface area contributed by atoms with E-state index in [0.29, 0.717) is 28.5 Å². The monoisotopic (exact) mass is 524 g/mol. The highest BCUT2D eigenvalue weighted by molar-refractivity contribution is 5.57. The zero-order chi connectivity index (χ0) is 27.0. The average Bonchev–Trinajstić information content (AvgIpc) is 3.24. The second kappa shape index (κ2) is 10.0. The third-order valence-corrected chi connectivity index (χ3v) is 6.06. The second-order valence-corrected chi connectivity index (χ2v) is 8.64. The number of alkyl halides is 3. The molecule has 4 rings (SSSR count). The maximum Gasteiger partial charge on any atom is 0.573 e. The van der Waals surface area contributed by atoms with Crippen LogP contribution in [0.25, 0.3) is 0 Å². The minimum atomic E-state index is -4.84. The van der Waals surface area contributed by atoms with Gasteiger partial charge in [-0.3, -0.25) is 0 Å². The van der Waals surface area contributed by atoms with Crippen LogP contribution in [-0.2, 0) is 23.1 Å². The Kier molecular flexibility index (Phi) is 7.17. The van der Waals surface area contributed by atoms with E-state index in [9.17, 15) is 18.3 Å². The summed E-state index contributed by atoms with van der Waals surface area (Å²) in [6.45, 7) is 1.67. The van der Waals surface area contributed by atoms with Crippen molar-refractivity contribution < 1.29 is 37.2 Å².